The molecule has 0 radical (unpaired) electrons. The summed E-state index contributed by atoms with van der Waals surface area (Å²) in [4.78, 5) is 0. The summed E-state index contributed by atoms with van der Waals surface area (Å²) in [6, 6.07) is 17.4. The average molecular weight is 330 g/mol. The minimum absolute atomic E-state index is 0.0272. The SMILES string of the molecule is COc1ccccc1C(C)CC(CC(C)c1ccccc1)=C(F)F. The molecule has 0 fully saturated rings. The lowest BCUT2D eigenvalue weighted by Crippen LogP contribution is -2.03. The molecule has 0 N–H and O–H groups in total. The van der Waals surface area contributed by atoms with Crippen LogP contribution in [0.4, 0.5) is 8.78 Å². The maximum absolute atomic E-state index is 13.5. The Bertz CT molecular complexity index is 675. The van der Waals surface area contributed by atoms with Gasteiger partial charge in [0.1, 0.15) is 5.75 Å². The Hall–Kier alpha value is -2.16. The van der Waals surface area contributed by atoms with E-state index >= 15 is 0 Å². The molecule has 2 aromatic rings. The zero-order valence-electron chi connectivity index (χ0n) is 14.4. The van der Waals surface area contributed by atoms with Crippen molar-refractivity contribution in [2.24, 2.45) is 0 Å². The lowest BCUT2D eigenvalue weighted by atomic mass is 9.87. The van der Waals surface area contributed by atoms with Gasteiger partial charge < -0.3 is 4.74 Å². The van der Waals surface area contributed by atoms with E-state index in [1.807, 2.05) is 68.4 Å². The van der Waals surface area contributed by atoms with E-state index in [2.05, 4.69) is 0 Å². The van der Waals surface area contributed by atoms with Crippen LogP contribution >= 0.6 is 0 Å². The number of benzene rings is 2. The van der Waals surface area contributed by atoms with Crippen molar-refractivity contribution in [1.29, 1.82) is 0 Å². The molecule has 24 heavy (non-hydrogen) atoms. The molecule has 128 valence electrons. The number of rotatable bonds is 7. The Morgan fingerprint density at radius 2 is 1.46 bits per heavy atom. The predicted molar refractivity (Wildman–Crippen MR) is 94.7 cm³/mol. The number of hydrogen-bond acceptors (Lipinski definition) is 1. The van der Waals surface area contributed by atoms with Gasteiger partial charge in [0.15, 0.2) is 0 Å². The molecule has 0 aromatic heterocycles. The normalized spacial score (nSPS) is 13.2. The maximum Gasteiger partial charge on any atom is 0.269 e. The number of allylic oxidation sites excluding steroid dienone is 1. The second-order valence-corrected chi connectivity index (χ2v) is 6.23. The van der Waals surface area contributed by atoms with Gasteiger partial charge in [-0.1, -0.05) is 62.4 Å². The molecule has 0 bridgehead atoms. The molecule has 1 nitrogen and oxygen atoms in total. The van der Waals surface area contributed by atoms with Crippen molar-refractivity contribution in [2.45, 2.75) is 38.5 Å². The molecular formula is C21H24F2O. The second kappa shape index (κ2) is 8.62. The molecule has 0 saturated heterocycles. The van der Waals surface area contributed by atoms with Crippen LogP contribution in [-0.4, -0.2) is 7.11 Å². The number of hydrogen-bond donors (Lipinski definition) is 0. The highest BCUT2D eigenvalue weighted by atomic mass is 19.3. The third kappa shape index (κ3) is 4.67. The molecular weight excluding hydrogens is 306 g/mol. The topological polar surface area (TPSA) is 9.23 Å². The minimum atomic E-state index is -1.56. The highest BCUT2D eigenvalue weighted by Gasteiger charge is 2.18. The van der Waals surface area contributed by atoms with Crippen molar-refractivity contribution < 1.29 is 13.5 Å². The highest BCUT2D eigenvalue weighted by Crippen LogP contribution is 2.35. The van der Waals surface area contributed by atoms with Crippen LogP contribution in [0.2, 0.25) is 0 Å². The quantitative estimate of drug-likeness (QED) is 0.560. The number of para-hydroxylation sites is 1. The van der Waals surface area contributed by atoms with Gasteiger partial charge in [-0.2, -0.15) is 8.78 Å². The van der Waals surface area contributed by atoms with Crippen LogP contribution < -0.4 is 4.74 Å². The van der Waals surface area contributed by atoms with E-state index in [0.717, 1.165) is 16.9 Å². The van der Waals surface area contributed by atoms with Gasteiger partial charge in [-0.05, 0) is 47.4 Å². The summed E-state index contributed by atoms with van der Waals surface area (Å²) in [5.74, 6) is 0.785. The van der Waals surface area contributed by atoms with E-state index in [0.29, 0.717) is 12.8 Å². The third-order valence-electron chi connectivity index (χ3n) is 4.41. The van der Waals surface area contributed by atoms with E-state index in [1.54, 1.807) is 7.11 Å². The smallest absolute Gasteiger partial charge is 0.269 e. The third-order valence-corrected chi connectivity index (χ3v) is 4.41. The molecule has 0 heterocycles. The first kappa shape index (κ1) is 18.2. The van der Waals surface area contributed by atoms with Crippen LogP contribution in [0.5, 0.6) is 5.75 Å². The first-order valence-corrected chi connectivity index (χ1v) is 8.23. The molecule has 0 amide bonds. The van der Waals surface area contributed by atoms with E-state index in [4.69, 9.17) is 4.74 Å². The lowest BCUT2D eigenvalue weighted by molar-refractivity contribution is 0.392. The van der Waals surface area contributed by atoms with Crippen LogP contribution in [0.3, 0.4) is 0 Å². The second-order valence-electron chi connectivity index (χ2n) is 6.23. The van der Waals surface area contributed by atoms with E-state index in [1.165, 1.54) is 0 Å². The van der Waals surface area contributed by atoms with Gasteiger partial charge in [0.2, 0.25) is 0 Å². The predicted octanol–water partition coefficient (Wildman–Crippen LogP) is 6.53. The molecule has 0 aliphatic heterocycles. The highest BCUT2D eigenvalue weighted by molar-refractivity contribution is 5.36. The first-order valence-electron chi connectivity index (χ1n) is 8.23. The zero-order chi connectivity index (χ0) is 17.5. The molecule has 2 aromatic carbocycles. The van der Waals surface area contributed by atoms with Crippen LogP contribution in [0.15, 0.2) is 66.3 Å². The van der Waals surface area contributed by atoms with Gasteiger partial charge in [-0.15, -0.1) is 0 Å². The van der Waals surface area contributed by atoms with Crippen molar-refractivity contribution in [1.82, 2.24) is 0 Å². The van der Waals surface area contributed by atoms with Crippen molar-refractivity contribution in [2.75, 3.05) is 7.11 Å². The summed E-state index contributed by atoms with van der Waals surface area (Å²) < 4.78 is 32.3. The Balaban J connectivity index is 2.13. The van der Waals surface area contributed by atoms with Gasteiger partial charge in [-0.25, -0.2) is 0 Å². The Morgan fingerprint density at radius 1 is 0.875 bits per heavy atom. The fourth-order valence-electron chi connectivity index (χ4n) is 3.06. The van der Waals surface area contributed by atoms with Crippen LogP contribution in [0.1, 0.15) is 49.7 Å². The van der Waals surface area contributed by atoms with Crippen molar-refractivity contribution >= 4 is 0 Å². The number of methoxy groups -OCH3 is 1. The summed E-state index contributed by atoms with van der Waals surface area (Å²) in [6.45, 7) is 3.96. The summed E-state index contributed by atoms with van der Waals surface area (Å²) in [5, 5.41) is 0. The average Bonchev–Trinajstić information content (AvgIpc) is 2.61. The summed E-state index contributed by atoms with van der Waals surface area (Å²) in [5.41, 5.74) is 2.28. The Morgan fingerprint density at radius 3 is 2.08 bits per heavy atom. The molecule has 0 spiro atoms. The van der Waals surface area contributed by atoms with E-state index < -0.39 is 6.08 Å². The monoisotopic (exact) mass is 330 g/mol. The van der Waals surface area contributed by atoms with Gasteiger partial charge in [0.25, 0.3) is 6.08 Å². The summed E-state index contributed by atoms with van der Waals surface area (Å²) in [6.07, 6.45) is -0.856. The van der Waals surface area contributed by atoms with Crippen LogP contribution in [0, 0.1) is 0 Å². The van der Waals surface area contributed by atoms with Gasteiger partial charge in [0, 0.05) is 0 Å². The molecule has 0 aliphatic rings. The lowest BCUT2D eigenvalue weighted by Gasteiger charge is -2.19. The summed E-state index contributed by atoms with van der Waals surface area (Å²) >= 11 is 0. The van der Waals surface area contributed by atoms with Crippen molar-refractivity contribution in [3.05, 3.63) is 77.4 Å². The first-order chi connectivity index (χ1) is 11.5. The number of ether oxygens (including phenoxy) is 1. The summed E-state index contributed by atoms with van der Waals surface area (Å²) in [7, 11) is 1.61. The van der Waals surface area contributed by atoms with Crippen LogP contribution in [-0.2, 0) is 0 Å². The fraction of sp³-hybridized carbons (Fsp3) is 0.333. The zero-order valence-corrected chi connectivity index (χ0v) is 14.4. The van der Waals surface area contributed by atoms with Gasteiger partial charge in [-0.3, -0.25) is 0 Å². The van der Waals surface area contributed by atoms with Crippen molar-refractivity contribution in [3.63, 3.8) is 0 Å². The Kier molecular flexibility index (Phi) is 6.53. The van der Waals surface area contributed by atoms with E-state index in [-0.39, 0.29) is 17.4 Å². The number of halogens is 2. The fourth-order valence-corrected chi connectivity index (χ4v) is 3.06. The molecule has 0 aliphatic carbocycles. The van der Waals surface area contributed by atoms with Gasteiger partial charge in [0.05, 0.1) is 7.11 Å². The largest absolute Gasteiger partial charge is 0.496 e. The molecule has 2 unspecified atom stereocenters. The van der Waals surface area contributed by atoms with Crippen molar-refractivity contribution in [3.8, 4) is 5.75 Å². The maximum atomic E-state index is 13.5. The van der Waals surface area contributed by atoms with Crippen LogP contribution in [0.25, 0.3) is 0 Å². The van der Waals surface area contributed by atoms with Gasteiger partial charge >= 0.3 is 0 Å². The standard InChI is InChI=1S/C21H24F2O/c1-15(17-9-5-4-6-10-17)13-18(21(22)23)14-16(2)19-11-7-8-12-20(19)24-3/h4-12,15-16H,13-14H2,1-3H3. The molecule has 3 heteroatoms. The molecule has 0 saturated carbocycles. The Labute approximate surface area is 143 Å². The minimum Gasteiger partial charge on any atom is -0.496 e. The molecule has 2 atom stereocenters. The molecule has 2 rings (SSSR count). The van der Waals surface area contributed by atoms with E-state index in [9.17, 15) is 8.78 Å².